The van der Waals surface area contributed by atoms with Crippen LogP contribution < -0.4 is 10.6 Å². The Labute approximate surface area is 137 Å². The highest BCUT2D eigenvalue weighted by atomic mass is 16.1. The molecule has 0 aliphatic rings. The summed E-state index contributed by atoms with van der Waals surface area (Å²) in [5.41, 5.74) is 3.76. The molecule has 0 saturated carbocycles. The fourth-order valence-electron chi connectivity index (χ4n) is 2.06. The van der Waals surface area contributed by atoms with Crippen LogP contribution in [0.2, 0.25) is 0 Å². The maximum absolute atomic E-state index is 12.1. The van der Waals surface area contributed by atoms with Crippen molar-refractivity contribution in [2.75, 3.05) is 32.5 Å². The number of amides is 1. The molecule has 0 atom stereocenters. The zero-order chi connectivity index (χ0) is 16.7. The van der Waals surface area contributed by atoms with Crippen LogP contribution in [0.3, 0.4) is 0 Å². The first-order chi connectivity index (χ1) is 11.0. The molecule has 1 aromatic heterocycles. The van der Waals surface area contributed by atoms with Crippen LogP contribution >= 0.6 is 0 Å². The lowest BCUT2D eigenvalue weighted by Gasteiger charge is -2.11. The minimum absolute atomic E-state index is 0.147. The molecule has 5 heteroatoms. The van der Waals surface area contributed by atoms with Crippen LogP contribution in [0, 0.1) is 6.92 Å². The van der Waals surface area contributed by atoms with Crippen molar-refractivity contribution in [3.8, 4) is 0 Å². The Morgan fingerprint density at radius 1 is 1.17 bits per heavy atom. The van der Waals surface area contributed by atoms with E-state index >= 15 is 0 Å². The third-order valence-electron chi connectivity index (χ3n) is 3.45. The number of hydrogen-bond acceptors (Lipinski definition) is 4. The van der Waals surface area contributed by atoms with E-state index in [1.165, 1.54) is 11.1 Å². The summed E-state index contributed by atoms with van der Waals surface area (Å²) in [6.45, 7) is 4.19. The molecule has 2 aromatic rings. The van der Waals surface area contributed by atoms with Crippen LogP contribution in [-0.4, -0.2) is 43.0 Å². The van der Waals surface area contributed by atoms with Gasteiger partial charge in [-0.3, -0.25) is 9.78 Å². The highest BCUT2D eigenvalue weighted by Gasteiger charge is 2.07. The number of nitrogens with one attached hydrogen (secondary N) is 2. The van der Waals surface area contributed by atoms with Crippen LogP contribution in [0.15, 0.2) is 42.6 Å². The van der Waals surface area contributed by atoms with E-state index in [0.29, 0.717) is 18.8 Å². The number of aryl methyl sites for hydroxylation is 1. The first kappa shape index (κ1) is 17.0. The lowest BCUT2D eigenvalue weighted by Crippen LogP contribution is -2.31. The second kappa shape index (κ2) is 8.29. The minimum atomic E-state index is -0.147. The number of hydrogen-bond donors (Lipinski definition) is 2. The van der Waals surface area contributed by atoms with Crippen LogP contribution in [0.4, 0.5) is 5.69 Å². The molecule has 1 amide bonds. The molecule has 1 heterocycles. The van der Waals surface area contributed by atoms with Gasteiger partial charge in [0.25, 0.3) is 5.91 Å². The summed E-state index contributed by atoms with van der Waals surface area (Å²) in [5.74, 6) is -0.147. The van der Waals surface area contributed by atoms with Crippen molar-refractivity contribution in [3.63, 3.8) is 0 Å². The molecule has 5 nitrogen and oxygen atoms in total. The number of nitrogens with zero attached hydrogens (tertiary/aromatic N) is 2. The summed E-state index contributed by atoms with van der Waals surface area (Å²) in [4.78, 5) is 18.2. The summed E-state index contributed by atoms with van der Waals surface area (Å²) in [6, 6.07) is 12.0. The van der Waals surface area contributed by atoms with Gasteiger partial charge in [0, 0.05) is 31.5 Å². The van der Waals surface area contributed by atoms with Crippen molar-refractivity contribution in [1.29, 1.82) is 0 Å². The number of rotatable bonds is 7. The van der Waals surface area contributed by atoms with Gasteiger partial charge in [-0.25, -0.2) is 0 Å². The predicted molar refractivity (Wildman–Crippen MR) is 93.6 cm³/mol. The van der Waals surface area contributed by atoms with Crippen molar-refractivity contribution in [1.82, 2.24) is 15.2 Å². The van der Waals surface area contributed by atoms with Crippen molar-refractivity contribution in [3.05, 3.63) is 59.4 Å². The van der Waals surface area contributed by atoms with Crippen molar-refractivity contribution < 1.29 is 4.79 Å². The van der Waals surface area contributed by atoms with Crippen LogP contribution in [0.1, 0.15) is 21.6 Å². The summed E-state index contributed by atoms with van der Waals surface area (Å²) < 4.78 is 0. The lowest BCUT2D eigenvalue weighted by atomic mass is 10.1. The Kier molecular flexibility index (Phi) is 6.11. The molecule has 122 valence electrons. The number of anilines is 1. The van der Waals surface area contributed by atoms with Crippen molar-refractivity contribution in [2.24, 2.45) is 0 Å². The number of pyridine rings is 1. The molecule has 2 N–H and O–H groups in total. The molecule has 0 fully saturated rings. The van der Waals surface area contributed by atoms with Gasteiger partial charge in [0.15, 0.2) is 0 Å². The predicted octanol–water partition coefficient (Wildman–Crippen LogP) is 2.29. The molecule has 0 bridgehead atoms. The number of benzene rings is 1. The summed E-state index contributed by atoms with van der Waals surface area (Å²) in [6.07, 6.45) is 1.65. The Morgan fingerprint density at radius 3 is 2.61 bits per heavy atom. The molecule has 0 spiro atoms. The maximum atomic E-state index is 12.1. The Hall–Kier alpha value is -2.40. The second-order valence-corrected chi connectivity index (χ2v) is 5.83. The molecule has 0 radical (unpaired) electrons. The third-order valence-corrected chi connectivity index (χ3v) is 3.45. The Bertz CT molecular complexity index is 638. The van der Waals surface area contributed by atoms with Gasteiger partial charge in [-0.15, -0.1) is 0 Å². The molecular weight excluding hydrogens is 288 g/mol. The smallest absolute Gasteiger partial charge is 0.269 e. The largest absolute Gasteiger partial charge is 0.381 e. The van der Waals surface area contributed by atoms with Crippen LogP contribution in [0.25, 0.3) is 0 Å². The van der Waals surface area contributed by atoms with E-state index in [1.54, 1.807) is 12.3 Å². The summed E-state index contributed by atoms with van der Waals surface area (Å²) >= 11 is 0. The topological polar surface area (TPSA) is 57.3 Å². The van der Waals surface area contributed by atoms with E-state index in [1.807, 2.05) is 25.1 Å². The molecule has 0 saturated heterocycles. The van der Waals surface area contributed by atoms with E-state index < -0.39 is 0 Å². The molecule has 1 aromatic carbocycles. The van der Waals surface area contributed by atoms with E-state index in [9.17, 15) is 4.79 Å². The summed E-state index contributed by atoms with van der Waals surface area (Å²) in [5, 5.41) is 6.19. The quantitative estimate of drug-likeness (QED) is 0.823. The molecule has 2 rings (SSSR count). The maximum Gasteiger partial charge on any atom is 0.269 e. The third kappa shape index (κ3) is 5.71. The number of aromatic nitrogens is 1. The van der Waals surface area contributed by atoms with Gasteiger partial charge in [-0.05, 0) is 38.7 Å². The average Bonchev–Trinajstić information content (AvgIpc) is 2.54. The molecular formula is C18H24N4O. The fourth-order valence-corrected chi connectivity index (χ4v) is 2.06. The van der Waals surface area contributed by atoms with Gasteiger partial charge in [-0.2, -0.15) is 0 Å². The van der Waals surface area contributed by atoms with Gasteiger partial charge < -0.3 is 15.5 Å². The van der Waals surface area contributed by atoms with Crippen molar-refractivity contribution >= 4 is 11.6 Å². The van der Waals surface area contributed by atoms with E-state index in [4.69, 9.17) is 0 Å². The minimum Gasteiger partial charge on any atom is -0.381 e. The first-order valence-electron chi connectivity index (χ1n) is 7.73. The molecule has 23 heavy (non-hydrogen) atoms. The zero-order valence-corrected chi connectivity index (χ0v) is 14.0. The van der Waals surface area contributed by atoms with Crippen LogP contribution in [0.5, 0.6) is 0 Å². The Balaban J connectivity index is 1.91. The van der Waals surface area contributed by atoms with E-state index in [-0.39, 0.29) is 5.91 Å². The monoisotopic (exact) mass is 312 g/mol. The SMILES string of the molecule is Cc1ccc(CNc2ccnc(C(=O)NCCN(C)C)c2)cc1. The fraction of sp³-hybridized carbons (Fsp3) is 0.333. The highest BCUT2D eigenvalue weighted by Crippen LogP contribution is 2.11. The average molecular weight is 312 g/mol. The van der Waals surface area contributed by atoms with Gasteiger partial charge in [-0.1, -0.05) is 29.8 Å². The van der Waals surface area contributed by atoms with Gasteiger partial charge in [0.05, 0.1) is 0 Å². The van der Waals surface area contributed by atoms with Gasteiger partial charge >= 0.3 is 0 Å². The zero-order valence-electron chi connectivity index (χ0n) is 14.0. The highest BCUT2D eigenvalue weighted by molar-refractivity contribution is 5.93. The van der Waals surface area contributed by atoms with E-state index in [2.05, 4.69) is 46.8 Å². The number of likely N-dealkylation sites (N-methyl/N-ethyl adjacent to an activating group) is 1. The lowest BCUT2D eigenvalue weighted by molar-refractivity contribution is 0.0946. The van der Waals surface area contributed by atoms with Gasteiger partial charge in [0.1, 0.15) is 5.69 Å². The number of carbonyl (C=O) groups is 1. The van der Waals surface area contributed by atoms with Crippen LogP contribution in [-0.2, 0) is 6.54 Å². The Morgan fingerprint density at radius 2 is 1.91 bits per heavy atom. The second-order valence-electron chi connectivity index (χ2n) is 5.83. The first-order valence-corrected chi connectivity index (χ1v) is 7.73. The number of carbonyl (C=O) groups excluding carboxylic acids is 1. The van der Waals surface area contributed by atoms with Gasteiger partial charge in [0.2, 0.25) is 0 Å². The molecule has 0 aliphatic carbocycles. The standard InChI is InChI=1S/C18H24N4O/c1-14-4-6-15(7-5-14)13-21-16-8-9-19-17(12-16)18(23)20-10-11-22(2)3/h4-9,12H,10-11,13H2,1-3H3,(H,19,21)(H,20,23). The molecule has 0 aliphatic heterocycles. The molecule has 0 unspecified atom stereocenters. The summed E-state index contributed by atoms with van der Waals surface area (Å²) in [7, 11) is 3.94. The van der Waals surface area contributed by atoms with Crippen molar-refractivity contribution in [2.45, 2.75) is 13.5 Å². The van der Waals surface area contributed by atoms with E-state index in [0.717, 1.165) is 12.2 Å². The normalized spacial score (nSPS) is 10.6.